The van der Waals surface area contributed by atoms with Crippen LogP contribution in [0.3, 0.4) is 0 Å². The van der Waals surface area contributed by atoms with Crippen molar-refractivity contribution in [3.05, 3.63) is 12.4 Å². The average molecular weight is 186 g/mol. The van der Waals surface area contributed by atoms with Gasteiger partial charge in [-0.05, 0) is 0 Å². The van der Waals surface area contributed by atoms with Gasteiger partial charge >= 0.3 is 0 Å². The molecular weight excluding hydrogens is 176 g/mol. The van der Waals surface area contributed by atoms with Crippen molar-refractivity contribution in [2.75, 3.05) is 20.3 Å². The van der Waals surface area contributed by atoms with E-state index < -0.39 is 0 Å². The van der Waals surface area contributed by atoms with E-state index in [0.717, 1.165) is 0 Å². The van der Waals surface area contributed by atoms with E-state index in [9.17, 15) is 0 Å². The highest BCUT2D eigenvalue weighted by molar-refractivity contribution is 7.80. The number of hydrogen-bond donors (Lipinski definition) is 1. The third kappa shape index (κ3) is 3.06. The fourth-order valence-corrected chi connectivity index (χ4v) is 0.729. The van der Waals surface area contributed by atoms with Gasteiger partial charge in [0, 0.05) is 7.11 Å². The normalized spacial score (nSPS) is 9.83. The molecule has 0 aliphatic heterocycles. The standard InChI is InChI=1S/C7H10N2O2S/c1-10-2-3-11-6-4-9-7(12)5-8-6/h4-5H,2-3H2,1H3,(H,9,12). The Morgan fingerprint density at radius 1 is 1.33 bits per heavy atom. The second kappa shape index (κ2) is 4.95. The lowest BCUT2D eigenvalue weighted by molar-refractivity contribution is 0.143. The maximum absolute atomic E-state index is 5.17. The summed E-state index contributed by atoms with van der Waals surface area (Å²) in [7, 11) is 1.62. The molecule has 0 atom stereocenters. The number of aromatic nitrogens is 2. The van der Waals surface area contributed by atoms with E-state index in [1.165, 1.54) is 12.4 Å². The summed E-state index contributed by atoms with van der Waals surface area (Å²) >= 11 is 3.99. The Balaban J connectivity index is 2.37. The number of methoxy groups -OCH3 is 1. The second-order valence-corrected chi connectivity index (χ2v) is 2.51. The van der Waals surface area contributed by atoms with Gasteiger partial charge in [-0.15, -0.1) is 12.6 Å². The molecule has 4 nitrogen and oxygen atoms in total. The SMILES string of the molecule is COCCOc1cnc(S)cn1. The van der Waals surface area contributed by atoms with E-state index in [1.54, 1.807) is 7.11 Å². The molecule has 0 saturated carbocycles. The first-order chi connectivity index (χ1) is 5.83. The molecule has 12 heavy (non-hydrogen) atoms. The Morgan fingerprint density at radius 2 is 2.17 bits per heavy atom. The van der Waals surface area contributed by atoms with Gasteiger partial charge in [0.15, 0.2) is 0 Å². The number of rotatable bonds is 4. The largest absolute Gasteiger partial charge is 0.474 e. The predicted octanol–water partition coefficient (Wildman–Crippen LogP) is 0.790. The van der Waals surface area contributed by atoms with Gasteiger partial charge < -0.3 is 9.47 Å². The summed E-state index contributed by atoms with van der Waals surface area (Å²) in [6.07, 6.45) is 3.06. The van der Waals surface area contributed by atoms with Crippen LogP contribution < -0.4 is 4.74 Å². The molecule has 5 heteroatoms. The highest BCUT2D eigenvalue weighted by Gasteiger charge is 1.94. The van der Waals surface area contributed by atoms with Crippen molar-refractivity contribution in [3.63, 3.8) is 0 Å². The Hall–Kier alpha value is -0.810. The predicted molar refractivity (Wildman–Crippen MR) is 46.7 cm³/mol. The molecule has 1 rings (SSSR count). The van der Waals surface area contributed by atoms with Gasteiger partial charge in [-0.3, -0.25) is 0 Å². The number of ether oxygens (including phenoxy) is 2. The minimum absolute atomic E-state index is 0.483. The topological polar surface area (TPSA) is 44.2 Å². The third-order valence-corrected chi connectivity index (χ3v) is 1.38. The molecule has 0 N–H and O–H groups in total. The van der Waals surface area contributed by atoms with E-state index in [-0.39, 0.29) is 0 Å². The molecule has 0 radical (unpaired) electrons. The molecule has 0 bridgehead atoms. The number of thiol groups is 1. The molecule has 1 aromatic heterocycles. The zero-order valence-corrected chi connectivity index (χ0v) is 7.62. The summed E-state index contributed by atoms with van der Waals surface area (Å²) in [5, 5.41) is 0.578. The highest BCUT2D eigenvalue weighted by atomic mass is 32.1. The van der Waals surface area contributed by atoms with Gasteiger partial charge in [0.2, 0.25) is 5.88 Å². The van der Waals surface area contributed by atoms with Crippen LogP contribution in [0.25, 0.3) is 0 Å². The average Bonchev–Trinajstić information content (AvgIpc) is 2.09. The van der Waals surface area contributed by atoms with Gasteiger partial charge in [-0.1, -0.05) is 0 Å². The summed E-state index contributed by atoms with van der Waals surface area (Å²) in [6, 6.07) is 0. The Morgan fingerprint density at radius 3 is 2.75 bits per heavy atom. The minimum atomic E-state index is 0.483. The van der Waals surface area contributed by atoms with Crippen LogP contribution in [-0.4, -0.2) is 30.3 Å². The first kappa shape index (κ1) is 9.28. The molecule has 0 amide bonds. The summed E-state index contributed by atoms with van der Waals surface area (Å²) in [5.74, 6) is 0.491. The van der Waals surface area contributed by atoms with Gasteiger partial charge in [0.25, 0.3) is 0 Å². The monoisotopic (exact) mass is 186 g/mol. The molecule has 0 aromatic carbocycles. The molecule has 66 valence electrons. The molecule has 0 saturated heterocycles. The van der Waals surface area contributed by atoms with Crippen LogP contribution >= 0.6 is 12.6 Å². The molecule has 0 aliphatic carbocycles. The summed E-state index contributed by atoms with van der Waals surface area (Å²) < 4.78 is 9.97. The van der Waals surface area contributed by atoms with E-state index in [1.807, 2.05) is 0 Å². The molecule has 0 unspecified atom stereocenters. The maximum atomic E-state index is 5.17. The van der Waals surface area contributed by atoms with Gasteiger partial charge in [-0.2, -0.15) is 0 Å². The minimum Gasteiger partial charge on any atom is -0.474 e. The Labute approximate surface area is 76.3 Å². The van der Waals surface area contributed by atoms with Crippen LogP contribution in [0.2, 0.25) is 0 Å². The Bertz CT molecular complexity index is 227. The van der Waals surface area contributed by atoms with Crippen LogP contribution in [0.4, 0.5) is 0 Å². The van der Waals surface area contributed by atoms with Crippen LogP contribution in [0, 0.1) is 0 Å². The first-order valence-electron chi connectivity index (χ1n) is 3.45. The van der Waals surface area contributed by atoms with Crippen LogP contribution in [0.15, 0.2) is 17.4 Å². The lowest BCUT2D eigenvalue weighted by atomic mass is 10.7. The quantitative estimate of drug-likeness (QED) is 0.557. The van der Waals surface area contributed by atoms with Gasteiger partial charge in [0.1, 0.15) is 11.6 Å². The third-order valence-electron chi connectivity index (χ3n) is 1.15. The fourth-order valence-electron chi connectivity index (χ4n) is 0.613. The lowest BCUT2D eigenvalue weighted by Gasteiger charge is -2.02. The maximum Gasteiger partial charge on any atom is 0.232 e. The zero-order chi connectivity index (χ0) is 8.81. The van der Waals surface area contributed by atoms with E-state index >= 15 is 0 Å². The molecule has 1 aromatic rings. The number of nitrogens with zero attached hydrogens (tertiary/aromatic N) is 2. The molecule has 0 fully saturated rings. The van der Waals surface area contributed by atoms with Gasteiger partial charge in [0.05, 0.1) is 19.0 Å². The van der Waals surface area contributed by atoms with Crippen molar-refractivity contribution in [3.8, 4) is 5.88 Å². The molecule has 0 spiro atoms. The number of hydrogen-bond acceptors (Lipinski definition) is 5. The van der Waals surface area contributed by atoms with E-state index in [4.69, 9.17) is 9.47 Å². The lowest BCUT2D eigenvalue weighted by Crippen LogP contribution is -2.05. The van der Waals surface area contributed by atoms with Gasteiger partial charge in [-0.25, -0.2) is 9.97 Å². The summed E-state index contributed by atoms with van der Waals surface area (Å²) in [5.41, 5.74) is 0. The molecular formula is C7H10N2O2S. The van der Waals surface area contributed by atoms with Crippen LogP contribution in [0.5, 0.6) is 5.88 Å². The smallest absolute Gasteiger partial charge is 0.232 e. The van der Waals surface area contributed by atoms with Crippen molar-refractivity contribution in [1.29, 1.82) is 0 Å². The first-order valence-corrected chi connectivity index (χ1v) is 3.90. The summed E-state index contributed by atoms with van der Waals surface area (Å²) in [4.78, 5) is 7.83. The van der Waals surface area contributed by atoms with Crippen LogP contribution in [0.1, 0.15) is 0 Å². The van der Waals surface area contributed by atoms with E-state index in [2.05, 4.69) is 22.6 Å². The highest BCUT2D eigenvalue weighted by Crippen LogP contribution is 2.05. The van der Waals surface area contributed by atoms with Crippen molar-refractivity contribution >= 4 is 12.6 Å². The second-order valence-electron chi connectivity index (χ2n) is 2.05. The summed E-state index contributed by atoms with van der Waals surface area (Å²) in [6.45, 7) is 1.03. The Kier molecular flexibility index (Phi) is 3.83. The molecule has 0 aliphatic rings. The zero-order valence-electron chi connectivity index (χ0n) is 6.73. The van der Waals surface area contributed by atoms with Crippen LogP contribution in [-0.2, 0) is 4.74 Å². The van der Waals surface area contributed by atoms with E-state index in [0.29, 0.717) is 24.1 Å². The fraction of sp³-hybridized carbons (Fsp3) is 0.429. The van der Waals surface area contributed by atoms with Crippen molar-refractivity contribution in [2.24, 2.45) is 0 Å². The van der Waals surface area contributed by atoms with Crippen molar-refractivity contribution < 1.29 is 9.47 Å². The molecule has 1 heterocycles. The van der Waals surface area contributed by atoms with Crippen molar-refractivity contribution in [2.45, 2.75) is 5.03 Å². The van der Waals surface area contributed by atoms with Crippen molar-refractivity contribution in [1.82, 2.24) is 9.97 Å².